The van der Waals surface area contributed by atoms with E-state index < -0.39 is 0 Å². The molecule has 32 heavy (non-hydrogen) atoms. The number of aryl methyl sites for hydroxylation is 2. The van der Waals surface area contributed by atoms with Gasteiger partial charge in [0.2, 0.25) is 0 Å². The zero-order valence-corrected chi connectivity index (χ0v) is 19.1. The third-order valence-corrected chi connectivity index (χ3v) is 6.33. The molecule has 0 spiro atoms. The van der Waals surface area contributed by atoms with E-state index in [2.05, 4.69) is 47.2 Å². The minimum absolute atomic E-state index is 0.0705. The van der Waals surface area contributed by atoms with Crippen LogP contribution in [0.1, 0.15) is 28.3 Å². The number of anilines is 1. The maximum Gasteiger partial charge on any atom is 0.173 e. The Kier molecular flexibility index (Phi) is 6.82. The molecule has 3 aromatic rings. The van der Waals surface area contributed by atoms with Crippen LogP contribution in [0.5, 0.6) is 0 Å². The fourth-order valence-corrected chi connectivity index (χ4v) is 4.44. The number of thiocarbonyl (C=S) groups is 1. The predicted octanol–water partition coefficient (Wildman–Crippen LogP) is 5.69. The average molecular weight is 452 g/mol. The van der Waals surface area contributed by atoms with Crippen LogP contribution in [0.3, 0.4) is 0 Å². The van der Waals surface area contributed by atoms with E-state index in [4.69, 9.17) is 12.2 Å². The number of hydrogen-bond donors (Lipinski definition) is 1. The van der Waals surface area contributed by atoms with Gasteiger partial charge in [-0.2, -0.15) is 0 Å². The Labute approximate surface area is 193 Å². The third kappa shape index (κ3) is 5.14. The van der Waals surface area contributed by atoms with Gasteiger partial charge in [-0.25, -0.2) is 8.78 Å². The lowest BCUT2D eigenvalue weighted by Crippen LogP contribution is -2.51. The van der Waals surface area contributed by atoms with E-state index in [0.717, 1.165) is 53.7 Å². The van der Waals surface area contributed by atoms with Crippen molar-refractivity contribution in [2.45, 2.75) is 19.9 Å². The highest BCUT2D eigenvalue weighted by Crippen LogP contribution is 2.30. The van der Waals surface area contributed by atoms with Crippen LogP contribution in [0.15, 0.2) is 66.7 Å². The highest BCUT2D eigenvalue weighted by molar-refractivity contribution is 7.80. The second-order valence-corrected chi connectivity index (χ2v) is 8.66. The zero-order valence-electron chi connectivity index (χ0n) is 18.3. The molecule has 0 atom stereocenters. The van der Waals surface area contributed by atoms with E-state index in [1.807, 2.05) is 24.3 Å². The van der Waals surface area contributed by atoms with Gasteiger partial charge < -0.3 is 10.2 Å². The maximum absolute atomic E-state index is 13.5. The molecule has 0 aromatic heterocycles. The van der Waals surface area contributed by atoms with Gasteiger partial charge in [-0.3, -0.25) is 4.90 Å². The molecular weight excluding hydrogens is 424 g/mol. The monoisotopic (exact) mass is 451 g/mol. The lowest BCUT2D eigenvalue weighted by molar-refractivity contribution is 0.151. The van der Waals surface area contributed by atoms with Crippen molar-refractivity contribution < 1.29 is 8.78 Å². The molecule has 0 radical (unpaired) electrons. The first-order valence-corrected chi connectivity index (χ1v) is 11.2. The van der Waals surface area contributed by atoms with Crippen molar-refractivity contribution in [1.29, 1.82) is 0 Å². The molecule has 1 N–H and O–H groups in total. The molecule has 1 aliphatic heterocycles. The van der Waals surface area contributed by atoms with Gasteiger partial charge in [-0.15, -0.1) is 0 Å². The fraction of sp³-hybridized carbons (Fsp3) is 0.269. The van der Waals surface area contributed by atoms with Gasteiger partial charge in [0.05, 0.1) is 6.04 Å². The Balaban J connectivity index is 1.48. The summed E-state index contributed by atoms with van der Waals surface area (Å²) in [6.45, 7) is 7.25. The molecule has 1 heterocycles. The van der Waals surface area contributed by atoms with Crippen molar-refractivity contribution >= 4 is 23.0 Å². The molecule has 166 valence electrons. The number of rotatable bonds is 4. The van der Waals surface area contributed by atoms with Crippen LogP contribution < -0.4 is 5.32 Å². The van der Waals surface area contributed by atoms with Gasteiger partial charge in [0.1, 0.15) is 11.6 Å². The van der Waals surface area contributed by atoms with E-state index in [9.17, 15) is 8.78 Å². The average Bonchev–Trinajstić information content (AvgIpc) is 2.79. The standard InChI is InChI=1S/C26H27F2N3S/c1-18-3-4-19(2)24(17-18)29-26(32)31-15-13-30(14-16-31)25(20-5-9-22(27)10-6-20)21-7-11-23(28)12-8-21/h3-12,17,25H,13-16H2,1-2H3,(H,29,32). The summed E-state index contributed by atoms with van der Waals surface area (Å²) in [4.78, 5) is 4.53. The first-order chi connectivity index (χ1) is 15.4. The van der Waals surface area contributed by atoms with Gasteiger partial charge in [-0.05, 0) is 78.7 Å². The molecular formula is C26H27F2N3S. The van der Waals surface area contributed by atoms with Crippen LogP contribution >= 0.6 is 12.2 Å². The SMILES string of the molecule is Cc1ccc(C)c(NC(=S)N2CCN(C(c3ccc(F)cc3)c3ccc(F)cc3)CC2)c1. The van der Waals surface area contributed by atoms with Gasteiger partial charge >= 0.3 is 0 Å². The third-order valence-electron chi connectivity index (χ3n) is 5.97. The summed E-state index contributed by atoms with van der Waals surface area (Å²) >= 11 is 5.69. The van der Waals surface area contributed by atoms with Crippen molar-refractivity contribution in [2.75, 3.05) is 31.5 Å². The molecule has 0 saturated carbocycles. The number of nitrogens with one attached hydrogen (secondary N) is 1. The van der Waals surface area contributed by atoms with Crippen molar-refractivity contribution in [3.05, 3.63) is 101 Å². The van der Waals surface area contributed by atoms with Crippen LogP contribution in [-0.4, -0.2) is 41.1 Å². The quantitative estimate of drug-likeness (QED) is 0.514. The molecule has 0 aliphatic carbocycles. The number of piperazine rings is 1. The molecule has 1 aliphatic rings. The Morgan fingerprint density at radius 3 is 1.88 bits per heavy atom. The summed E-state index contributed by atoms with van der Waals surface area (Å²) in [7, 11) is 0. The lowest BCUT2D eigenvalue weighted by Gasteiger charge is -2.40. The molecule has 3 aromatic carbocycles. The van der Waals surface area contributed by atoms with Crippen molar-refractivity contribution in [1.82, 2.24) is 9.80 Å². The Morgan fingerprint density at radius 1 is 0.812 bits per heavy atom. The van der Waals surface area contributed by atoms with Gasteiger partial charge in [0.25, 0.3) is 0 Å². The molecule has 1 saturated heterocycles. The zero-order chi connectivity index (χ0) is 22.7. The largest absolute Gasteiger partial charge is 0.346 e. The van der Waals surface area contributed by atoms with Gasteiger partial charge in [0, 0.05) is 31.9 Å². The number of hydrogen-bond acceptors (Lipinski definition) is 2. The molecule has 1 fully saturated rings. The van der Waals surface area contributed by atoms with E-state index in [0.29, 0.717) is 0 Å². The summed E-state index contributed by atoms with van der Waals surface area (Å²) < 4.78 is 27.1. The molecule has 0 amide bonds. The van der Waals surface area contributed by atoms with Crippen LogP contribution in [0, 0.1) is 25.5 Å². The van der Waals surface area contributed by atoms with Gasteiger partial charge in [0.15, 0.2) is 5.11 Å². The number of halogens is 2. The van der Waals surface area contributed by atoms with E-state index in [1.54, 1.807) is 0 Å². The highest BCUT2D eigenvalue weighted by atomic mass is 32.1. The van der Waals surface area contributed by atoms with Crippen LogP contribution in [0.25, 0.3) is 0 Å². The van der Waals surface area contributed by atoms with Gasteiger partial charge in [-0.1, -0.05) is 36.4 Å². The number of nitrogens with zero attached hydrogens (tertiary/aromatic N) is 2. The summed E-state index contributed by atoms with van der Waals surface area (Å²) in [6.07, 6.45) is 0. The molecule has 0 unspecified atom stereocenters. The number of benzene rings is 3. The van der Waals surface area contributed by atoms with E-state index >= 15 is 0 Å². The van der Waals surface area contributed by atoms with Crippen molar-refractivity contribution in [3.63, 3.8) is 0 Å². The lowest BCUT2D eigenvalue weighted by atomic mass is 9.96. The minimum Gasteiger partial charge on any atom is -0.346 e. The second kappa shape index (κ2) is 9.76. The van der Waals surface area contributed by atoms with E-state index in [-0.39, 0.29) is 17.7 Å². The first-order valence-electron chi connectivity index (χ1n) is 10.8. The summed E-state index contributed by atoms with van der Waals surface area (Å²) in [5, 5.41) is 4.12. The van der Waals surface area contributed by atoms with Crippen LogP contribution in [0.2, 0.25) is 0 Å². The molecule has 0 bridgehead atoms. The first kappa shape index (κ1) is 22.4. The molecule has 6 heteroatoms. The Bertz CT molecular complexity index is 1030. The Morgan fingerprint density at radius 2 is 1.34 bits per heavy atom. The summed E-state index contributed by atoms with van der Waals surface area (Å²) in [5.74, 6) is -0.529. The summed E-state index contributed by atoms with van der Waals surface area (Å²) in [6, 6.07) is 19.4. The fourth-order valence-electron chi connectivity index (χ4n) is 4.15. The topological polar surface area (TPSA) is 18.5 Å². The molecule has 3 nitrogen and oxygen atoms in total. The predicted molar refractivity (Wildman–Crippen MR) is 130 cm³/mol. The summed E-state index contributed by atoms with van der Waals surface area (Å²) in [5.41, 5.74) is 5.36. The Hall–Kier alpha value is -2.83. The minimum atomic E-state index is -0.265. The van der Waals surface area contributed by atoms with Crippen molar-refractivity contribution in [3.8, 4) is 0 Å². The van der Waals surface area contributed by atoms with Crippen molar-refractivity contribution in [2.24, 2.45) is 0 Å². The molecule has 4 rings (SSSR count). The second-order valence-electron chi connectivity index (χ2n) is 8.28. The highest BCUT2D eigenvalue weighted by Gasteiger charge is 2.27. The van der Waals surface area contributed by atoms with E-state index in [1.165, 1.54) is 29.8 Å². The van der Waals surface area contributed by atoms with Crippen LogP contribution in [-0.2, 0) is 0 Å². The smallest absolute Gasteiger partial charge is 0.173 e. The maximum atomic E-state index is 13.5. The normalized spacial score (nSPS) is 14.6. The van der Waals surface area contributed by atoms with Crippen LogP contribution in [0.4, 0.5) is 14.5 Å².